The third-order valence-electron chi connectivity index (χ3n) is 2.45. The highest BCUT2D eigenvalue weighted by Crippen LogP contribution is 2.20. The molecule has 0 aliphatic carbocycles. The standard InChI is InChI=1S/C11H16N4O2/c1-8(5-6-12)15(2)11-13-9(16-3)7-10(14-11)17-4/h7-8H,5H2,1-4H3. The number of methoxy groups -OCH3 is 2. The van der Waals surface area contributed by atoms with E-state index in [0.29, 0.717) is 24.1 Å². The van der Waals surface area contributed by atoms with E-state index in [1.54, 1.807) is 6.07 Å². The van der Waals surface area contributed by atoms with Crippen LogP contribution in [0.25, 0.3) is 0 Å². The van der Waals surface area contributed by atoms with Gasteiger partial charge >= 0.3 is 0 Å². The normalized spacial score (nSPS) is 11.5. The monoisotopic (exact) mass is 236 g/mol. The third-order valence-corrected chi connectivity index (χ3v) is 2.45. The summed E-state index contributed by atoms with van der Waals surface area (Å²) in [4.78, 5) is 10.2. The van der Waals surface area contributed by atoms with Gasteiger partial charge in [-0.05, 0) is 6.92 Å². The molecule has 0 radical (unpaired) electrons. The van der Waals surface area contributed by atoms with E-state index in [2.05, 4.69) is 16.0 Å². The molecule has 0 bridgehead atoms. The zero-order chi connectivity index (χ0) is 12.8. The summed E-state index contributed by atoms with van der Waals surface area (Å²) < 4.78 is 10.1. The molecule has 0 saturated carbocycles. The maximum absolute atomic E-state index is 8.67. The molecule has 0 aliphatic rings. The van der Waals surface area contributed by atoms with Gasteiger partial charge in [-0.25, -0.2) is 0 Å². The molecule has 1 atom stereocenters. The molecule has 1 aromatic heterocycles. The molecule has 1 heterocycles. The zero-order valence-corrected chi connectivity index (χ0v) is 10.5. The van der Waals surface area contributed by atoms with Crippen LogP contribution in [0.1, 0.15) is 13.3 Å². The van der Waals surface area contributed by atoms with Crippen LogP contribution in [-0.4, -0.2) is 37.3 Å². The zero-order valence-electron chi connectivity index (χ0n) is 10.5. The van der Waals surface area contributed by atoms with Crippen LogP contribution in [0.3, 0.4) is 0 Å². The molecule has 17 heavy (non-hydrogen) atoms. The maximum atomic E-state index is 8.67. The van der Waals surface area contributed by atoms with E-state index >= 15 is 0 Å². The molecule has 0 aliphatic heterocycles. The van der Waals surface area contributed by atoms with Crippen molar-refractivity contribution in [3.63, 3.8) is 0 Å². The number of ether oxygens (including phenoxy) is 2. The fourth-order valence-corrected chi connectivity index (χ4v) is 1.23. The van der Waals surface area contributed by atoms with E-state index in [4.69, 9.17) is 14.7 Å². The van der Waals surface area contributed by atoms with Crippen molar-refractivity contribution in [2.24, 2.45) is 0 Å². The molecule has 0 fully saturated rings. The van der Waals surface area contributed by atoms with Crippen molar-refractivity contribution in [3.05, 3.63) is 6.07 Å². The van der Waals surface area contributed by atoms with Gasteiger partial charge in [-0.2, -0.15) is 15.2 Å². The summed E-state index contributed by atoms with van der Waals surface area (Å²) >= 11 is 0. The first-order chi connectivity index (χ1) is 8.12. The van der Waals surface area contributed by atoms with E-state index < -0.39 is 0 Å². The maximum Gasteiger partial charge on any atom is 0.231 e. The van der Waals surface area contributed by atoms with Crippen molar-refractivity contribution in [1.82, 2.24) is 9.97 Å². The number of aromatic nitrogens is 2. The smallest absolute Gasteiger partial charge is 0.231 e. The second-order valence-electron chi connectivity index (χ2n) is 3.57. The lowest BCUT2D eigenvalue weighted by atomic mass is 10.2. The summed E-state index contributed by atoms with van der Waals surface area (Å²) in [6.45, 7) is 1.93. The van der Waals surface area contributed by atoms with Gasteiger partial charge in [0.15, 0.2) is 0 Å². The summed E-state index contributed by atoms with van der Waals surface area (Å²) in [6, 6.07) is 3.74. The molecule has 0 spiro atoms. The van der Waals surface area contributed by atoms with Crippen molar-refractivity contribution >= 4 is 5.95 Å². The Morgan fingerprint density at radius 1 is 1.35 bits per heavy atom. The minimum Gasteiger partial charge on any atom is -0.481 e. The summed E-state index contributed by atoms with van der Waals surface area (Å²) in [5.74, 6) is 1.34. The minimum atomic E-state index is 0.0248. The third kappa shape index (κ3) is 3.21. The molecule has 0 aromatic carbocycles. The Labute approximate surface area is 101 Å². The number of rotatable bonds is 5. The van der Waals surface area contributed by atoms with Crippen molar-refractivity contribution in [2.45, 2.75) is 19.4 Å². The first kappa shape index (κ1) is 13.0. The predicted molar refractivity (Wildman–Crippen MR) is 63.2 cm³/mol. The fraction of sp³-hybridized carbons (Fsp3) is 0.545. The van der Waals surface area contributed by atoms with Crippen LogP contribution in [0.15, 0.2) is 6.07 Å². The van der Waals surface area contributed by atoms with E-state index in [1.165, 1.54) is 14.2 Å². The summed E-state index contributed by atoms with van der Waals surface area (Å²) in [7, 11) is 4.89. The predicted octanol–water partition coefficient (Wildman–Crippen LogP) is 1.23. The van der Waals surface area contributed by atoms with Crippen LogP contribution < -0.4 is 14.4 Å². The number of hydrogen-bond donors (Lipinski definition) is 0. The molecule has 1 aromatic rings. The van der Waals surface area contributed by atoms with Crippen molar-refractivity contribution < 1.29 is 9.47 Å². The second-order valence-corrected chi connectivity index (χ2v) is 3.57. The van der Waals surface area contributed by atoms with Crippen LogP contribution in [0.2, 0.25) is 0 Å². The summed E-state index contributed by atoms with van der Waals surface area (Å²) in [5, 5.41) is 8.67. The Morgan fingerprint density at radius 3 is 2.29 bits per heavy atom. The molecule has 1 unspecified atom stereocenters. The van der Waals surface area contributed by atoms with E-state index in [0.717, 1.165) is 0 Å². The minimum absolute atomic E-state index is 0.0248. The summed E-state index contributed by atoms with van der Waals surface area (Å²) in [5.41, 5.74) is 0. The molecule has 0 N–H and O–H groups in total. The molecule has 92 valence electrons. The SMILES string of the molecule is COc1cc(OC)nc(N(C)C(C)CC#N)n1. The molecule has 0 saturated heterocycles. The Balaban J connectivity index is 3.00. The lowest BCUT2D eigenvalue weighted by molar-refractivity contribution is 0.371. The van der Waals surface area contributed by atoms with Gasteiger partial charge in [0.05, 0.1) is 32.8 Å². The van der Waals surface area contributed by atoms with Crippen LogP contribution in [-0.2, 0) is 0 Å². The molecular weight excluding hydrogens is 220 g/mol. The second kappa shape index (κ2) is 5.89. The number of nitriles is 1. The Bertz CT molecular complexity index is 394. The Kier molecular flexibility index (Phi) is 4.52. The highest BCUT2D eigenvalue weighted by atomic mass is 16.5. The van der Waals surface area contributed by atoms with E-state index in [1.807, 2.05) is 18.9 Å². The average Bonchev–Trinajstić information content (AvgIpc) is 2.37. The van der Waals surface area contributed by atoms with E-state index in [-0.39, 0.29) is 6.04 Å². The number of anilines is 1. The van der Waals surface area contributed by atoms with Crippen LogP contribution >= 0.6 is 0 Å². The first-order valence-electron chi connectivity index (χ1n) is 5.19. The summed E-state index contributed by atoms with van der Waals surface area (Å²) in [6.07, 6.45) is 0.402. The van der Waals surface area contributed by atoms with Gasteiger partial charge < -0.3 is 14.4 Å². The van der Waals surface area contributed by atoms with Crippen LogP contribution in [0.5, 0.6) is 11.8 Å². The molecular formula is C11H16N4O2. The average molecular weight is 236 g/mol. The molecule has 6 nitrogen and oxygen atoms in total. The molecule has 6 heteroatoms. The van der Waals surface area contributed by atoms with Crippen LogP contribution in [0, 0.1) is 11.3 Å². The van der Waals surface area contributed by atoms with Gasteiger partial charge in [0, 0.05) is 13.1 Å². The van der Waals surface area contributed by atoms with Crippen molar-refractivity contribution in [1.29, 1.82) is 5.26 Å². The number of nitrogens with zero attached hydrogens (tertiary/aromatic N) is 4. The van der Waals surface area contributed by atoms with Gasteiger partial charge in [0.25, 0.3) is 0 Å². The quantitative estimate of drug-likeness (QED) is 0.765. The van der Waals surface area contributed by atoms with Gasteiger partial charge in [0.1, 0.15) is 0 Å². The van der Waals surface area contributed by atoms with Gasteiger partial charge in [0.2, 0.25) is 17.7 Å². The first-order valence-corrected chi connectivity index (χ1v) is 5.19. The van der Waals surface area contributed by atoms with Gasteiger partial charge in [-0.1, -0.05) is 0 Å². The Hall–Kier alpha value is -2.03. The lowest BCUT2D eigenvalue weighted by Crippen LogP contribution is -2.30. The molecule has 0 amide bonds. The van der Waals surface area contributed by atoms with E-state index in [9.17, 15) is 0 Å². The highest BCUT2D eigenvalue weighted by molar-refractivity contribution is 5.37. The van der Waals surface area contributed by atoms with Crippen LogP contribution in [0.4, 0.5) is 5.95 Å². The van der Waals surface area contributed by atoms with Crippen molar-refractivity contribution in [2.75, 3.05) is 26.2 Å². The molecule has 1 rings (SSSR count). The van der Waals surface area contributed by atoms with Gasteiger partial charge in [-0.3, -0.25) is 0 Å². The largest absolute Gasteiger partial charge is 0.481 e. The fourth-order valence-electron chi connectivity index (χ4n) is 1.23. The lowest BCUT2D eigenvalue weighted by Gasteiger charge is -2.23. The Morgan fingerprint density at radius 2 is 1.88 bits per heavy atom. The highest BCUT2D eigenvalue weighted by Gasteiger charge is 2.14. The van der Waals surface area contributed by atoms with Gasteiger partial charge in [-0.15, -0.1) is 0 Å². The van der Waals surface area contributed by atoms with Crippen molar-refractivity contribution in [3.8, 4) is 17.8 Å². The topological polar surface area (TPSA) is 71.3 Å². The number of hydrogen-bond acceptors (Lipinski definition) is 6.